The van der Waals surface area contributed by atoms with Crippen molar-refractivity contribution in [2.24, 2.45) is 0 Å². The normalized spacial score (nSPS) is 19.5. The molecule has 1 saturated carbocycles. The predicted octanol–water partition coefficient (Wildman–Crippen LogP) is 2.86. The summed E-state index contributed by atoms with van der Waals surface area (Å²) in [6, 6.07) is 4.65. The van der Waals surface area contributed by atoms with E-state index in [-0.39, 0.29) is 18.4 Å². The van der Waals surface area contributed by atoms with Gasteiger partial charge >= 0.3 is 0 Å². The molecule has 0 aliphatic heterocycles. The molecule has 160 valence electrons. The number of nitrogens with zero attached hydrogens (tertiary/aromatic N) is 2. The molecule has 1 aliphatic carbocycles. The Morgan fingerprint density at radius 2 is 1.93 bits per heavy atom. The molecule has 0 spiro atoms. The fourth-order valence-corrected chi connectivity index (χ4v) is 6.38. The minimum Gasteiger partial charge on any atom is -0.598 e. The van der Waals surface area contributed by atoms with Crippen molar-refractivity contribution in [3.63, 3.8) is 0 Å². The molecule has 0 aromatic heterocycles. The van der Waals surface area contributed by atoms with Gasteiger partial charge in [0.2, 0.25) is 0 Å². The molecule has 2 atom stereocenters. The lowest BCUT2D eigenvalue weighted by Crippen LogP contribution is -2.56. The first kappa shape index (κ1) is 23.5. The van der Waals surface area contributed by atoms with Crippen LogP contribution in [-0.4, -0.2) is 33.1 Å². The van der Waals surface area contributed by atoms with Gasteiger partial charge in [0.15, 0.2) is 14.6 Å². The molecular formula is C18H24FN3O5S2. The van der Waals surface area contributed by atoms with Crippen LogP contribution in [0.15, 0.2) is 18.2 Å². The van der Waals surface area contributed by atoms with Gasteiger partial charge in [0.05, 0.1) is 16.7 Å². The zero-order valence-corrected chi connectivity index (χ0v) is 18.3. The van der Waals surface area contributed by atoms with E-state index in [0.29, 0.717) is 6.42 Å². The molecule has 0 amide bonds. The molecule has 0 radical (unpaired) electrons. The Labute approximate surface area is 172 Å². The fourth-order valence-electron chi connectivity index (χ4n) is 3.08. The van der Waals surface area contributed by atoms with Crippen LogP contribution in [0.1, 0.15) is 52.5 Å². The summed E-state index contributed by atoms with van der Waals surface area (Å²) in [7, 11) is -4.08. The van der Waals surface area contributed by atoms with Crippen LogP contribution in [0.2, 0.25) is 0 Å². The summed E-state index contributed by atoms with van der Waals surface area (Å²) in [5, 5.41) is 20.6. The van der Waals surface area contributed by atoms with E-state index < -0.39 is 58.4 Å². The van der Waals surface area contributed by atoms with Gasteiger partial charge in [-0.25, -0.2) is 12.8 Å². The van der Waals surface area contributed by atoms with Crippen molar-refractivity contribution in [2.45, 2.75) is 62.0 Å². The maximum Gasteiger partial charge on any atom is 0.269 e. The number of benzene rings is 1. The number of nitro benzene ring substituents is 1. The third-order valence-corrected chi connectivity index (χ3v) is 9.46. The highest BCUT2D eigenvalue weighted by Crippen LogP contribution is 2.42. The highest BCUT2D eigenvalue weighted by atomic mass is 32.2. The number of halogens is 1. The second kappa shape index (κ2) is 7.83. The summed E-state index contributed by atoms with van der Waals surface area (Å²) in [6.45, 7) is 6.28. The highest BCUT2D eigenvalue weighted by molar-refractivity contribution is 7.93. The lowest BCUT2D eigenvalue weighted by Gasteiger charge is -2.40. The molecule has 0 heterocycles. The number of nitrogens with one attached hydrogen (secondary N) is 1. The second-order valence-electron chi connectivity index (χ2n) is 8.46. The van der Waals surface area contributed by atoms with Gasteiger partial charge in [-0.05, 0) is 53.0 Å². The molecule has 11 heteroatoms. The van der Waals surface area contributed by atoms with Crippen LogP contribution in [0, 0.1) is 27.3 Å². The number of sulfone groups is 1. The predicted molar refractivity (Wildman–Crippen MR) is 107 cm³/mol. The maximum absolute atomic E-state index is 14.7. The Hall–Kier alpha value is -1.74. The van der Waals surface area contributed by atoms with Crippen LogP contribution in [0.3, 0.4) is 0 Å². The first-order valence-electron chi connectivity index (χ1n) is 8.95. The molecule has 29 heavy (non-hydrogen) atoms. The van der Waals surface area contributed by atoms with E-state index in [1.165, 1.54) is 6.92 Å². The van der Waals surface area contributed by atoms with Crippen LogP contribution in [0.25, 0.3) is 0 Å². The van der Waals surface area contributed by atoms with Crippen molar-refractivity contribution in [1.29, 1.82) is 5.26 Å². The largest absolute Gasteiger partial charge is 0.598 e. The quantitative estimate of drug-likeness (QED) is 0.387. The van der Waals surface area contributed by atoms with E-state index in [1.807, 2.05) is 6.07 Å². The van der Waals surface area contributed by atoms with Gasteiger partial charge in [0, 0.05) is 29.1 Å². The first-order valence-corrected chi connectivity index (χ1v) is 11.8. The molecule has 1 aromatic carbocycles. The van der Waals surface area contributed by atoms with Crippen molar-refractivity contribution >= 4 is 26.9 Å². The van der Waals surface area contributed by atoms with Crippen molar-refractivity contribution in [3.8, 4) is 6.07 Å². The minimum absolute atomic E-state index is 0.168. The van der Waals surface area contributed by atoms with E-state index in [9.17, 15) is 32.7 Å². The molecule has 0 bridgehead atoms. The van der Waals surface area contributed by atoms with Gasteiger partial charge in [0.1, 0.15) is 16.1 Å². The van der Waals surface area contributed by atoms with Gasteiger partial charge in [-0.1, -0.05) is 0 Å². The van der Waals surface area contributed by atoms with Crippen LogP contribution in [-0.2, 0) is 26.7 Å². The average molecular weight is 446 g/mol. The number of non-ortho nitro benzene ring substituents is 1. The molecule has 0 unspecified atom stereocenters. The van der Waals surface area contributed by atoms with E-state index in [0.717, 1.165) is 18.2 Å². The Morgan fingerprint density at radius 3 is 2.34 bits per heavy atom. The number of nitriles is 1. The van der Waals surface area contributed by atoms with Gasteiger partial charge in [-0.3, -0.25) is 10.1 Å². The van der Waals surface area contributed by atoms with Crippen molar-refractivity contribution in [1.82, 2.24) is 4.72 Å². The Balaban J connectivity index is 2.60. The standard InChI is InChI=1S/C18H24FN3O5S2/c1-16(2,3)28(25)21-17(4,12-29(26,27)18(11-20)8-5-9-18)14-10-13(22(23)24)6-7-15(14)19/h6-7,10,21H,5,8-9,12H2,1-4H3/t17-,28-/m1/s1. The molecule has 8 nitrogen and oxygen atoms in total. The summed E-state index contributed by atoms with van der Waals surface area (Å²) in [4.78, 5) is 10.4. The maximum atomic E-state index is 14.7. The molecule has 2 rings (SSSR count). The van der Waals surface area contributed by atoms with Gasteiger partial charge in [-0.15, -0.1) is 4.72 Å². The third kappa shape index (κ3) is 4.55. The Bertz CT molecular complexity index is 951. The van der Waals surface area contributed by atoms with Gasteiger partial charge in [-0.2, -0.15) is 5.26 Å². The molecule has 1 aromatic rings. The summed E-state index contributed by atoms with van der Waals surface area (Å²) in [5.74, 6) is -1.60. The summed E-state index contributed by atoms with van der Waals surface area (Å²) in [6.07, 6.45) is 0.916. The van der Waals surface area contributed by atoms with E-state index in [1.54, 1.807) is 20.8 Å². The fraction of sp³-hybridized carbons (Fsp3) is 0.611. The lowest BCUT2D eigenvalue weighted by molar-refractivity contribution is -0.385. The minimum atomic E-state index is -4.08. The Kier molecular flexibility index (Phi) is 6.36. The number of rotatable bonds is 7. The number of hydrogen-bond acceptors (Lipinski definition) is 7. The summed E-state index contributed by atoms with van der Waals surface area (Å²) >= 11 is -1.81. The van der Waals surface area contributed by atoms with Crippen molar-refractivity contribution in [3.05, 3.63) is 39.7 Å². The van der Waals surface area contributed by atoms with Gasteiger partial charge < -0.3 is 4.55 Å². The van der Waals surface area contributed by atoms with E-state index in [4.69, 9.17) is 0 Å². The molecular weight excluding hydrogens is 421 g/mol. The van der Waals surface area contributed by atoms with Crippen LogP contribution in [0.4, 0.5) is 10.1 Å². The summed E-state index contributed by atoms with van der Waals surface area (Å²) in [5.41, 5.74) is -2.47. The lowest BCUT2D eigenvalue weighted by atomic mass is 9.86. The van der Waals surface area contributed by atoms with E-state index in [2.05, 4.69) is 4.72 Å². The van der Waals surface area contributed by atoms with Gasteiger partial charge in [0.25, 0.3) is 5.69 Å². The van der Waals surface area contributed by atoms with E-state index >= 15 is 0 Å². The number of hydrogen-bond donors (Lipinski definition) is 1. The average Bonchev–Trinajstić information content (AvgIpc) is 2.52. The topological polar surface area (TPSA) is 136 Å². The third-order valence-electron chi connectivity index (χ3n) is 5.07. The van der Waals surface area contributed by atoms with Crippen LogP contribution in [0.5, 0.6) is 0 Å². The van der Waals surface area contributed by atoms with Crippen molar-refractivity contribution in [2.75, 3.05) is 5.75 Å². The van der Waals surface area contributed by atoms with Crippen LogP contribution >= 0.6 is 0 Å². The first-order chi connectivity index (χ1) is 13.2. The monoisotopic (exact) mass is 445 g/mol. The molecule has 0 saturated heterocycles. The van der Waals surface area contributed by atoms with Crippen molar-refractivity contribution < 1.29 is 22.3 Å². The summed E-state index contributed by atoms with van der Waals surface area (Å²) < 4.78 is 53.9. The molecule has 1 N–H and O–H groups in total. The zero-order valence-electron chi connectivity index (χ0n) is 16.7. The highest BCUT2D eigenvalue weighted by Gasteiger charge is 2.53. The molecule has 1 fully saturated rings. The Morgan fingerprint density at radius 1 is 1.34 bits per heavy atom. The van der Waals surface area contributed by atoms with Crippen LogP contribution < -0.4 is 4.72 Å². The zero-order chi connectivity index (χ0) is 22.3. The number of nitro groups is 1. The molecule has 1 aliphatic rings. The SMILES string of the molecule is CC(C)(C)[S@@+]([O-])N[C@](C)(CS(=O)(=O)C1(C#N)CCC1)c1cc([N+](=O)[O-])ccc1F. The smallest absolute Gasteiger partial charge is 0.269 e. The second-order valence-corrected chi connectivity index (χ2v) is 12.7.